The van der Waals surface area contributed by atoms with Gasteiger partial charge in [-0.25, -0.2) is 8.42 Å². The van der Waals surface area contributed by atoms with E-state index in [4.69, 9.17) is 15.4 Å². The molecule has 0 atom stereocenters. The molecular formula is C7H5ClINO5S. The van der Waals surface area contributed by atoms with E-state index < -0.39 is 19.7 Å². The number of hydrogen-bond donors (Lipinski definition) is 0. The van der Waals surface area contributed by atoms with Crippen molar-refractivity contribution in [2.75, 3.05) is 7.11 Å². The monoisotopic (exact) mass is 377 g/mol. The molecule has 0 bridgehead atoms. The SMILES string of the molecule is COc1c([N+](=O)[O-])ccc(I)c1S(=O)(=O)Cl. The molecule has 1 aromatic carbocycles. The molecule has 1 aromatic rings. The minimum atomic E-state index is -4.10. The number of hydrogen-bond acceptors (Lipinski definition) is 5. The normalized spacial score (nSPS) is 11.2. The molecule has 0 unspecified atom stereocenters. The van der Waals surface area contributed by atoms with E-state index in [0.717, 1.165) is 13.2 Å². The van der Waals surface area contributed by atoms with Gasteiger partial charge in [-0.2, -0.15) is 0 Å². The van der Waals surface area contributed by atoms with Crippen LogP contribution in [0.5, 0.6) is 5.75 Å². The fourth-order valence-corrected chi connectivity index (χ4v) is 3.95. The van der Waals surface area contributed by atoms with Crippen LogP contribution in [0.25, 0.3) is 0 Å². The number of nitro benzene ring substituents is 1. The minimum absolute atomic E-state index is 0.259. The molecule has 0 radical (unpaired) electrons. The molecule has 0 heterocycles. The second-order valence-electron chi connectivity index (χ2n) is 2.62. The highest BCUT2D eigenvalue weighted by molar-refractivity contribution is 14.1. The van der Waals surface area contributed by atoms with Gasteiger partial charge >= 0.3 is 5.69 Å². The van der Waals surface area contributed by atoms with Crippen molar-refractivity contribution in [3.8, 4) is 5.75 Å². The molecule has 0 amide bonds. The molecule has 0 aliphatic heterocycles. The van der Waals surface area contributed by atoms with Crippen LogP contribution >= 0.6 is 33.3 Å². The second kappa shape index (κ2) is 4.72. The van der Waals surface area contributed by atoms with Crippen LogP contribution in [0.2, 0.25) is 0 Å². The first-order valence-corrected chi connectivity index (χ1v) is 7.13. The summed E-state index contributed by atoms with van der Waals surface area (Å²) in [5, 5.41) is 10.7. The summed E-state index contributed by atoms with van der Waals surface area (Å²) in [5.41, 5.74) is -0.442. The van der Waals surface area contributed by atoms with Crippen LogP contribution in [-0.2, 0) is 9.05 Å². The van der Waals surface area contributed by atoms with E-state index in [1.165, 1.54) is 6.07 Å². The number of ether oxygens (including phenoxy) is 1. The number of nitrogens with zero attached hydrogens (tertiary/aromatic N) is 1. The highest BCUT2D eigenvalue weighted by Crippen LogP contribution is 2.38. The Morgan fingerprint density at radius 3 is 2.44 bits per heavy atom. The van der Waals surface area contributed by atoms with Crippen molar-refractivity contribution in [1.29, 1.82) is 0 Å². The molecular weight excluding hydrogens is 373 g/mol. The molecule has 0 aliphatic carbocycles. The zero-order chi connectivity index (χ0) is 12.5. The molecule has 0 fully saturated rings. The molecule has 1 rings (SSSR count). The molecule has 88 valence electrons. The van der Waals surface area contributed by atoms with E-state index in [-0.39, 0.29) is 14.2 Å². The maximum absolute atomic E-state index is 11.3. The van der Waals surface area contributed by atoms with E-state index in [1.807, 2.05) is 0 Å². The van der Waals surface area contributed by atoms with Gasteiger partial charge in [-0.1, -0.05) is 0 Å². The average Bonchev–Trinajstić information content (AvgIpc) is 2.14. The lowest BCUT2D eigenvalue weighted by Crippen LogP contribution is -2.02. The van der Waals surface area contributed by atoms with Crippen LogP contribution in [0.4, 0.5) is 5.69 Å². The van der Waals surface area contributed by atoms with Gasteiger partial charge in [-0.05, 0) is 28.7 Å². The summed E-state index contributed by atoms with van der Waals surface area (Å²) in [6.07, 6.45) is 0. The highest BCUT2D eigenvalue weighted by atomic mass is 127. The van der Waals surface area contributed by atoms with Crippen LogP contribution in [0.15, 0.2) is 17.0 Å². The topological polar surface area (TPSA) is 86.5 Å². The van der Waals surface area contributed by atoms with Crippen molar-refractivity contribution in [2.24, 2.45) is 0 Å². The van der Waals surface area contributed by atoms with Gasteiger partial charge in [0.1, 0.15) is 4.90 Å². The number of methoxy groups -OCH3 is 1. The Morgan fingerprint density at radius 1 is 1.50 bits per heavy atom. The average molecular weight is 378 g/mol. The standard InChI is InChI=1S/C7H5ClINO5S/c1-15-6-5(10(11)12)3-2-4(9)7(6)16(8,13)14/h2-3H,1H3. The maximum Gasteiger partial charge on any atom is 0.312 e. The lowest BCUT2D eigenvalue weighted by molar-refractivity contribution is -0.386. The van der Waals surface area contributed by atoms with E-state index in [0.29, 0.717) is 0 Å². The van der Waals surface area contributed by atoms with Gasteiger partial charge in [0.2, 0.25) is 5.75 Å². The fraction of sp³-hybridized carbons (Fsp3) is 0.143. The lowest BCUT2D eigenvalue weighted by Gasteiger charge is -2.07. The minimum Gasteiger partial charge on any atom is -0.489 e. The van der Waals surface area contributed by atoms with E-state index >= 15 is 0 Å². The van der Waals surface area contributed by atoms with E-state index in [9.17, 15) is 18.5 Å². The Hall–Kier alpha value is -0.610. The first-order valence-electron chi connectivity index (χ1n) is 3.74. The van der Waals surface area contributed by atoms with Gasteiger partial charge in [0.25, 0.3) is 9.05 Å². The summed E-state index contributed by atoms with van der Waals surface area (Å²) >= 11 is 1.71. The molecule has 0 saturated heterocycles. The van der Waals surface area contributed by atoms with E-state index in [2.05, 4.69) is 0 Å². The van der Waals surface area contributed by atoms with Crippen molar-refractivity contribution >= 4 is 48.0 Å². The smallest absolute Gasteiger partial charge is 0.312 e. The third-order valence-electron chi connectivity index (χ3n) is 1.69. The summed E-state index contributed by atoms with van der Waals surface area (Å²) in [7, 11) is 2.24. The van der Waals surface area contributed by atoms with Crippen molar-refractivity contribution in [3.63, 3.8) is 0 Å². The van der Waals surface area contributed by atoms with Crippen LogP contribution in [0, 0.1) is 13.7 Å². The van der Waals surface area contributed by atoms with Crippen molar-refractivity contribution in [1.82, 2.24) is 0 Å². The van der Waals surface area contributed by atoms with Gasteiger partial charge in [-0.15, -0.1) is 0 Å². The van der Waals surface area contributed by atoms with Gasteiger partial charge in [0.05, 0.1) is 12.0 Å². The van der Waals surface area contributed by atoms with Crippen LogP contribution in [0.3, 0.4) is 0 Å². The third kappa shape index (κ3) is 2.55. The first kappa shape index (κ1) is 13.5. The molecule has 0 N–H and O–H groups in total. The van der Waals surface area contributed by atoms with Gasteiger partial charge < -0.3 is 4.74 Å². The Balaban J connectivity index is 3.71. The van der Waals surface area contributed by atoms with Gasteiger partial charge in [0, 0.05) is 20.3 Å². The Kier molecular flexibility index (Phi) is 3.97. The highest BCUT2D eigenvalue weighted by Gasteiger charge is 2.28. The molecule has 9 heteroatoms. The number of benzene rings is 1. The van der Waals surface area contributed by atoms with Crippen LogP contribution in [-0.4, -0.2) is 20.5 Å². The molecule has 0 spiro atoms. The quantitative estimate of drug-likeness (QED) is 0.349. The van der Waals surface area contributed by atoms with Gasteiger partial charge in [-0.3, -0.25) is 10.1 Å². The summed E-state index contributed by atoms with van der Waals surface area (Å²) in [6.45, 7) is 0. The van der Waals surface area contributed by atoms with Crippen LogP contribution in [0.1, 0.15) is 0 Å². The zero-order valence-electron chi connectivity index (χ0n) is 7.81. The van der Waals surface area contributed by atoms with Crippen molar-refractivity contribution in [3.05, 3.63) is 25.8 Å². The van der Waals surface area contributed by atoms with Crippen molar-refractivity contribution in [2.45, 2.75) is 4.90 Å². The maximum atomic E-state index is 11.3. The molecule has 0 aromatic heterocycles. The molecule has 0 saturated carbocycles. The summed E-state index contributed by atoms with van der Waals surface area (Å²) in [6, 6.07) is 2.45. The molecule has 16 heavy (non-hydrogen) atoms. The predicted molar refractivity (Wildman–Crippen MR) is 65.4 cm³/mol. The number of halogens is 2. The molecule has 0 aliphatic rings. The summed E-state index contributed by atoms with van der Waals surface area (Å²) in [5.74, 6) is -0.355. The Morgan fingerprint density at radius 2 is 2.06 bits per heavy atom. The zero-order valence-corrected chi connectivity index (χ0v) is 11.5. The Labute approximate surface area is 109 Å². The third-order valence-corrected chi connectivity index (χ3v) is 4.31. The fourth-order valence-electron chi connectivity index (χ4n) is 1.10. The largest absolute Gasteiger partial charge is 0.489 e. The summed E-state index contributed by atoms with van der Waals surface area (Å²) in [4.78, 5) is 9.54. The summed E-state index contributed by atoms with van der Waals surface area (Å²) < 4.78 is 27.5. The number of nitro groups is 1. The molecule has 6 nitrogen and oxygen atoms in total. The van der Waals surface area contributed by atoms with E-state index in [1.54, 1.807) is 22.6 Å². The van der Waals surface area contributed by atoms with Gasteiger partial charge in [0.15, 0.2) is 0 Å². The second-order valence-corrected chi connectivity index (χ2v) is 6.29. The lowest BCUT2D eigenvalue weighted by atomic mass is 10.3. The van der Waals surface area contributed by atoms with Crippen molar-refractivity contribution < 1.29 is 18.1 Å². The number of rotatable bonds is 3. The van der Waals surface area contributed by atoms with Crippen LogP contribution < -0.4 is 4.74 Å². The Bertz CT molecular complexity index is 544. The predicted octanol–water partition coefficient (Wildman–Crippen LogP) is 2.14. The first-order chi connectivity index (χ1) is 7.29.